The molecule has 0 fully saturated rings. The molecule has 62 valence electrons. The lowest BCUT2D eigenvalue weighted by atomic mass is 10.4. The van der Waals surface area contributed by atoms with Crippen LogP contribution in [0.25, 0.3) is 0 Å². The molecule has 0 unspecified atom stereocenters. The second kappa shape index (κ2) is 2.63. The maximum absolute atomic E-state index is 11.3. The molecule has 1 aromatic carbocycles. The first kappa shape index (κ1) is 9.33. The summed E-state index contributed by atoms with van der Waals surface area (Å²) in [7, 11) is 16.2. The minimum Gasteiger partial charge on any atom is -0.234 e. The van der Waals surface area contributed by atoms with Crippen molar-refractivity contribution in [1.29, 1.82) is 0 Å². The summed E-state index contributed by atoms with van der Waals surface area (Å²) in [6.07, 6.45) is 0. The van der Waals surface area contributed by atoms with Crippen LogP contribution in [0.2, 0.25) is 0 Å². The largest absolute Gasteiger partial charge is 0.234 e. The third-order valence-electron chi connectivity index (χ3n) is 1.11. The van der Waals surface area contributed by atoms with Crippen molar-refractivity contribution in [3.63, 3.8) is 0 Å². The molecule has 0 spiro atoms. The van der Waals surface area contributed by atoms with Crippen molar-refractivity contribution in [2.45, 2.75) is 4.90 Å². The Morgan fingerprint density at radius 1 is 1.00 bits per heavy atom. The summed E-state index contributed by atoms with van der Waals surface area (Å²) in [6.45, 7) is -4.09. The van der Waals surface area contributed by atoms with Gasteiger partial charge in [0.15, 0.2) is 0 Å². The second-order valence-corrected chi connectivity index (χ2v) is 10.5. The molecule has 0 atom stereocenters. The molecule has 0 aromatic heterocycles. The van der Waals surface area contributed by atoms with Gasteiger partial charge in [-0.25, -0.2) is 4.21 Å². The van der Waals surface area contributed by atoms with Crippen molar-refractivity contribution in [2.24, 2.45) is 0 Å². The maximum atomic E-state index is 11.3. The van der Waals surface area contributed by atoms with E-state index in [1.165, 1.54) is 12.1 Å². The number of halogens is 3. The quantitative estimate of drug-likeness (QED) is 0.678. The first-order valence-corrected chi connectivity index (χ1v) is 7.19. The molecule has 0 aliphatic rings. The van der Waals surface area contributed by atoms with E-state index in [-0.39, 0.29) is 4.90 Å². The lowest BCUT2D eigenvalue weighted by Crippen LogP contribution is -2.05. The summed E-state index contributed by atoms with van der Waals surface area (Å²) in [6, 6.07) is 8.11. The lowest BCUT2D eigenvalue weighted by Gasteiger charge is -2.18. The molecule has 11 heavy (non-hydrogen) atoms. The molecule has 0 amide bonds. The van der Waals surface area contributed by atoms with Crippen LogP contribution in [0, 0.1) is 0 Å². The molecule has 0 saturated carbocycles. The van der Waals surface area contributed by atoms with E-state index in [0.717, 1.165) is 0 Å². The van der Waals surface area contributed by atoms with Crippen LogP contribution in [0.3, 0.4) is 0 Å². The van der Waals surface area contributed by atoms with Gasteiger partial charge in [-0.3, -0.25) is 0 Å². The van der Waals surface area contributed by atoms with Gasteiger partial charge in [0.05, 0.1) is 4.90 Å². The molecule has 0 aliphatic heterocycles. The van der Waals surface area contributed by atoms with Gasteiger partial charge in [0.25, 0.3) is 0 Å². The first-order valence-electron chi connectivity index (χ1n) is 2.74. The van der Waals surface area contributed by atoms with Gasteiger partial charge in [-0.2, -0.15) is 0 Å². The van der Waals surface area contributed by atoms with Crippen LogP contribution in [-0.4, -0.2) is 4.21 Å². The highest BCUT2D eigenvalue weighted by Crippen LogP contribution is 2.48. The Hall–Kier alpha value is 0.240. The molecular weight excluding hydrogens is 226 g/mol. The third kappa shape index (κ3) is 2.64. The Morgan fingerprint density at radius 2 is 1.45 bits per heavy atom. The van der Waals surface area contributed by atoms with E-state index >= 15 is 0 Å². The Kier molecular flexibility index (Phi) is 2.23. The zero-order valence-corrected chi connectivity index (χ0v) is 8.42. The normalized spacial score (nSPS) is 15.4. The number of hydrogen-bond acceptors (Lipinski definition) is 1. The minimum atomic E-state index is -4.09. The molecule has 0 aliphatic carbocycles. The van der Waals surface area contributed by atoms with Crippen molar-refractivity contribution in [2.75, 3.05) is 0 Å². The van der Waals surface area contributed by atoms with Crippen LogP contribution in [0.1, 0.15) is 0 Å². The molecule has 0 heterocycles. The lowest BCUT2D eigenvalue weighted by molar-refractivity contribution is 0.685. The Balaban J connectivity index is 3.26. The van der Waals surface area contributed by atoms with Crippen molar-refractivity contribution in [1.82, 2.24) is 0 Å². The topological polar surface area (TPSA) is 17.1 Å². The van der Waals surface area contributed by atoms with Gasteiger partial charge in [-0.05, 0) is 44.2 Å². The van der Waals surface area contributed by atoms with Crippen LogP contribution in [0.5, 0.6) is 0 Å². The fourth-order valence-corrected chi connectivity index (χ4v) is 2.13. The van der Waals surface area contributed by atoms with Crippen molar-refractivity contribution in [3.8, 4) is 0 Å². The SMILES string of the molecule is O=S(Cl)(Cl)(Cl)c1ccccc1. The number of hydrogen-bond donors (Lipinski definition) is 0. The van der Waals surface area contributed by atoms with E-state index in [0.29, 0.717) is 0 Å². The first-order chi connectivity index (χ1) is 4.86. The molecule has 1 aromatic rings. The second-order valence-electron chi connectivity index (χ2n) is 1.99. The predicted molar refractivity (Wildman–Crippen MR) is 50.4 cm³/mol. The Labute approximate surface area is 78.2 Å². The van der Waals surface area contributed by atoms with Crippen LogP contribution < -0.4 is 0 Å². The minimum absolute atomic E-state index is 0.231. The van der Waals surface area contributed by atoms with Gasteiger partial charge in [0, 0.05) is 0 Å². The summed E-state index contributed by atoms with van der Waals surface area (Å²) in [5.41, 5.74) is 0. The Bertz CT molecular complexity index is 305. The smallest absolute Gasteiger partial charge is 0.138 e. The highest BCUT2D eigenvalue weighted by molar-refractivity contribution is 8.67. The fraction of sp³-hybridized carbons (Fsp3) is 0. The molecule has 0 saturated heterocycles. The average Bonchev–Trinajstić information content (AvgIpc) is 1.86. The molecule has 0 N–H and O–H groups in total. The van der Waals surface area contributed by atoms with Gasteiger partial charge in [-0.15, -0.1) is 0 Å². The summed E-state index contributed by atoms with van der Waals surface area (Å²) in [5, 5.41) is 0. The van der Waals surface area contributed by atoms with Gasteiger partial charge in [0.1, 0.15) is 6.71 Å². The van der Waals surface area contributed by atoms with Crippen LogP contribution >= 0.6 is 32.0 Å². The van der Waals surface area contributed by atoms with Crippen molar-refractivity contribution in [3.05, 3.63) is 30.3 Å². The zero-order chi connectivity index (χ0) is 8.56. The molecule has 5 heteroatoms. The van der Waals surface area contributed by atoms with Crippen LogP contribution in [-0.2, 0) is 6.71 Å². The summed E-state index contributed by atoms with van der Waals surface area (Å²) >= 11 is 0. The summed E-state index contributed by atoms with van der Waals surface area (Å²) in [5.74, 6) is 0. The standard InChI is InChI=1S/C6H5Cl3OS/c7-11(8,9,10)6-4-2-1-3-5-6/h1-5H. The van der Waals surface area contributed by atoms with Gasteiger partial charge >= 0.3 is 0 Å². The van der Waals surface area contributed by atoms with Crippen molar-refractivity contribution < 1.29 is 4.21 Å². The van der Waals surface area contributed by atoms with Gasteiger partial charge < -0.3 is 0 Å². The average molecular weight is 232 g/mol. The molecule has 1 rings (SSSR count). The van der Waals surface area contributed by atoms with Crippen molar-refractivity contribution >= 4 is 38.8 Å². The molecular formula is C6H5Cl3OS. The Morgan fingerprint density at radius 3 is 1.73 bits per heavy atom. The van der Waals surface area contributed by atoms with E-state index in [2.05, 4.69) is 0 Å². The molecule has 1 nitrogen and oxygen atoms in total. The van der Waals surface area contributed by atoms with E-state index < -0.39 is 6.71 Å². The zero-order valence-electron chi connectivity index (χ0n) is 5.34. The van der Waals surface area contributed by atoms with E-state index in [1.54, 1.807) is 18.2 Å². The van der Waals surface area contributed by atoms with Crippen LogP contribution in [0.15, 0.2) is 35.2 Å². The number of rotatable bonds is 1. The fourth-order valence-electron chi connectivity index (χ4n) is 0.630. The van der Waals surface area contributed by atoms with E-state index in [4.69, 9.17) is 32.0 Å². The number of benzene rings is 1. The van der Waals surface area contributed by atoms with Crippen LogP contribution in [0.4, 0.5) is 0 Å². The molecule has 0 bridgehead atoms. The van der Waals surface area contributed by atoms with Gasteiger partial charge in [-0.1, -0.05) is 18.2 Å². The monoisotopic (exact) mass is 230 g/mol. The maximum Gasteiger partial charge on any atom is 0.138 e. The summed E-state index contributed by atoms with van der Waals surface area (Å²) < 4.78 is 11.3. The highest BCUT2D eigenvalue weighted by atomic mass is 36.2. The highest BCUT2D eigenvalue weighted by Gasteiger charge is 2.29. The summed E-state index contributed by atoms with van der Waals surface area (Å²) in [4.78, 5) is 0.231. The van der Waals surface area contributed by atoms with E-state index in [9.17, 15) is 4.21 Å². The molecule has 0 radical (unpaired) electrons. The van der Waals surface area contributed by atoms with E-state index in [1.807, 2.05) is 0 Å². The third-order valence-corrected chi connectivity index (χ3v) is 3.71. The van der Waals surface area contributed by atoms with Gasteiger partial charge in [0.2, 0.25) is 0 Å². The predicted octanol–water partition coefficient (Wildman–Crippen LogP) is 3.33.